The molecule has 2 heteroatoms. The van der Waals surface area contributed by atoms with Crippen LogP contribution in [-0.2, 0) is 38.6 Å². The lowest BCUT2D eigenvalue weighted by Gasteiger charge is -2.16. The van der Waals surface area contributed by atoms with Gasteiger partial charge in [0.2, 0.25) is 0 Å². The Morgan fingerprint density at radius 3 is 2.13 bits per heavy atom. The number of nitrogens with one attached hydrogen (secondary N) is 1. The van der Waals surface area contributed by atoms with Crippen LogP contribution in [0.15, 0.2) is 92.0 Å². The number of aryl methyl sites for hydroxylation is 6. The lowest BCUT2D eigenvalue weighted by atomic mass is 9.90. The highest BCUT2D eigenvalue weighted by molar-refractivity contribution is 5.69. The van der Waals surface area contributed by atoms with Crippen LogP contribution < -0.4 is 5.32 Å². The molecular weight excluding hydrogens is 556 g/mol. The predicted molar refractivity (Wildman–Crippen MR) is 199 cm³/mol. The summed E-state index contributed by atoms with van der Waals surface area (Å²) >= 11 is 0. The van der Waals surface area contributed by atoms with Crippen LogP contribution in [0.3, 0.4) is 0 Å². The van der Waals surface area contributed by atoms with Crippen LogP contribution in [-0.4, -0.2) is 6.54 Å². The molecule has 0 fully saturated rings. The molecule has 0 heterocycles. The highest BCUT2D eigenvalue weighted by Gasteiger charge is 2.11. The second-order valence-corrected chi connectivity index (χ2v) is 12.5. The lowest BCUT2D eigenvalue weighted by Crippen LogP contribution is -2.16. The Morgan fingerprint density at radius 2 is 1.37 bits per heavy atom. The van der Waals surface area contributed by atoms with Crippen LogP contribution in [0.2, 0.25) is 0 Å². The Balaban J connectivity index is 0.00000282. The SMILES string of the molecule is C=C.CCCCCCNCc1ccc(CCc2cccc(-c3ccc(C)c(CCCC)c3)c2C)cc1CCc1cccc(C#N)c1. The van der Waals surface area contributed by atoms with Gasteiger partial charge in [-0.3, -0.25) is 0 Å². The van der Waals surface area contributed by atoms with E-state index in [1.54, 1.807) is 0 Å². The molecule has 0 bridgehead atoms. The zero-order valence-electron chi connectivity index (χ0n) is 29.1. The molecule has 0 aliphatic heterocycles. The molecule has 0 radical (unpaired) electrons. The third-order valence-electron chi connectivity index (χ3n) is 9.12. The van der Waals surface area contributed by atoms with E-state index in [0.717, 1.165) is 50.8 Å². The van der Waals surface area contributed by atoms with E-state index in [-0.39, 0.29) is 0 Å². The summed E-state index contributed by atoms with van der Waals surface area (Å²) in [5.74, 6) is 0. The summed E-state index contributed by atoms with van der Waals surface area (Å²) in [6.07, 6.45) is 12.7. The molecule has 4 aromatic carbocycles. The molecular formula is C44H56N2. The second-order valence-electron chi connectivity index (χ2n) is 12.5. The molecule has 0 aliphatic carbocycles. The van der Waals surface area contributed by atoms with Gasteiger partial charge in [-0.1, -0.05) is 106 Å². The molecule has 0 saturated heterocycles. The number of rotatable bonds is 17. The fourth-order valence-electron chi connectivity index (χ4n) is 6.24. The van der Waals surface area contributed by atoms with Crippen LogP contribution in [0, 0.1) is 25.2 Å². The molecule has 4 rings (SSSR count). The van der Waals surface area contributed by atoms with Crippen molar-refractivity contribution in [1.29, 1.82) is 5.26 Å². The topological polar surface area (TPSA) is 35.8 Å². The Bertz CT molecular complexity index is 1540. The first kappa shape index (κ1) is 36.5. The quantitative estimate of drug-likeness (QED) is 0.0951. The van der Waals surface area contributed by atoms with E-state index < -0.39 is 0 Å². The second kappa shape index (κ2) is 20.2. The van der Waals surface area contributed by atoms with Gasteiger partial charge >= 0.3 is 0 Å². The summed E-state index contributed by atoms with van der Waals surface area (Å²) in [5, 5.41) is 13.1. The largest absolute Gasteiger partial charge is 0.313 e. The summed E-state index contributed by atoms with van der Waals surface area (Å²) < 4.78 is 0. The van der Waals surface area contributed by atoms with Gasteiger partial charge in [0.1, 0.15) is 0 Å². The van der Waals surface area contributed by atoms with E-state index in [9.17, 15) is 5.26 Å². The van der Waals surface area contributed by atoms with E-state index in [0.29, 0.717) is 0 Å². The minimum absolute atomic E-state index is 0.741. The normalized spacial score (nSPS) is 10.7. The molecule has 2 nitrogen and oxygen atoms in total. The maximum atomic E-state index is 9.35. The molecule has 4 aromatic rings. The maximum Gasteiger partial charge on any atom is 0.0991 e. The zero-order valence-corrected chi connectivity index (χ0v) is 29.1. The van der Waals surface area contributed by atoms with Gasteiger partial charge in [-0.15, -0.1) is 13.2 Å². The molecule has 242 valence electrons. The van der Waals surface area contributed by atoms with Crippen molar-refractivity contribution in [3.8, 4) is 17.2 Å². The molecule has 0 unspecified atom stereocenters. The zero-order chi connectivity index (χ0) is 33.1. The third kappa shape index (κ3) is 11.1. The number of hydrogen-bond donors (Lipinski definition) is 1. The fraction of sp³-hybridized carbons (Fsp3) is 0.386. The van der Waals surface area contributed by atoms with Gasteiger partial charge in [0.05, 0.1) is 11.6 Å². The summed E-state index contributed by atoms with van der Waals surface area (Å²) in [6.45, 7) is 17.1. The van der Waals surface area contributed by atoms with Crippen LogP contribution in [0.1, 0.15) is 102 Å². The van der Waals surface area contributed by atoms with Gasteiger partial charge in [-0.25, -0.2) is 0 Å². The van der Waals surface area contributed by atoms with Crippen molar-refractivity contribution >= 4 is 0 Å². The van der Waals surface area contributed by atoms with E-state index in [2.05, 4.69) is 113 Å². The molecule has 0 aliphatic rings. The van der Waals surface area contributed by atoms with Gasteiger partial charge in [-0.2, -0.15) is 5.26 Å². The first-order chi connectivity index (χ1) is 22.5. The summed E-state index contributed by atoms with van der Waals surface area (Å²) in [7, 11) is 0. The van der Waals surface area contributed by atoms with E-state index in [1.165, 1.54) is 94.2 Å². The maximum absolute atomic E-state index is 9.35. The van der Waals surface area contributed by atoms with Crippen LogP contribution in [0.5, 0.6) is 0 Å². The summed E-state index contributed by atoms with van der Waals surface area (Å²) in [6, 6.07) is 31.3. The van der Waals surface area contributed by atoms with Crippen LogP contribution in [0.4, 0.5) is 0 Å². The van der Waals surface area contributed by atoms with Gasteiger partial charge in [0.25, 0.3) is 0 Å². The number of unbranched alkanes of at least 4 members (excludes halogenated alkanes) is 4. The van der Waals surface area contributed by atoms with Crippen molar-refractivity contribution in [3.63, 3.8) is 0 Å². The Kier molecular flexibility index (Phi) is 16.1. The molecule has 0 atom stereocenters. The average Bonchev–Trinajstić information content (AvgIpc) is 3.09. The fourth-order valence-corrected chi connectivity index (χ4v) is 6.24. The summed E-state index contributed by atoms with van der Waals surface area (Å²) in [5.41, 5.74) is 14.6. The van der Waals surface area contributed by atoms with Crippen molar-refractivity contribution in [1.82, 2.24) is 5.32 Å². The molecule has 46 heavy (non-hydrogen) atoms. The van der Waals surface area contributed by atoms with Gasteiger partial charge < -0.3 is 5.32 Å². The summed E-state index contributed by atoms with van der Waals surface area (Å²) in [4.78, 5) is 0. The van der Waals surface area contributed by atoms with E-state index >= 15 is 0 Å². The standard InChI is InChI=1S/C42H52N2.C2H4/c1-5-7-9-10-26-44-31-41-25-21-35(28-39(41)24-20-34-13-11-14-36(27-34)30-43)19-23-37-16-12-17-42(33(37)4)40-22-18-32(3)38(29-40)15-8-6-2;1-2/h11-14,16-18,21-22,25,27-29,44H,5-10,15,19-20,23-24,26,31H2,1-4H3;1-2H2. The number of hydrogen-bond acceptors (Lipinski definition) is 2. The van der Waals surface area contributed by atoms with Crippen molar-refractivity contribution in [3.05, 3.63) is 142 Å². The Morgan fingerprint density at radius 1 is 0.630 bits per heavy atom. The van der Waals surface area contributed by atoms with Gasteiger partial charge in [-0.05, 0) is 133 Å². The average molecular weight is 613 g/mol. The van der Waals surface area contributed by atoms with Gasteiger partial charge in [0.15, 0.2) is 0 Å². The highest BCUT2D eigenvalue weighted by atomic mass is 14.8. The predicted octanol–water partition coefficient (Wildman–Crippen LogP) is 11.2. The number of nitrogens with zero attached hydrogens (tertiary/aromatic N) is 1. The van der Waals surface area contributed by atoms with Crippen molar-refractivity contribution < 1.29 is 0 Å². The Labute approximate surface area is 280 Å². The van der Waals surface area contributed by atoms with Crippen molar-refractivity contribution in [2.45, 2.75) is 105 Å². The molecule has 0 spiro atoms. The highest BCUT2D eigenvalue weighted by Crippen LogP contribution is 2.29. The Hall–Kier alpha value is -3.93. The van der Waals surface area contributed by atoms with Crippen LogP contribution in [0.25, 0.3) is 11.1 Å². The minimum atomic E-state index is 0.741. The van der Waals surface area contributed by atoms with Crippen LogP contribution >= 0.6 is 0 Å². The molecule has 0 amide bonds. The smallest absolute Gasteiger partial charge is 0.0991 e. The van der Waals surface area contributed by atoms with E-state index in [1.807, 2.05) is 18.2 Å². The minimum Gasteiger partial charge on any atom is -0.313 e. The lowest BCUT2D eigenvalue weighted by molar-refractivity contribution is 0.596. The molecule has 0 saturated carbocycles. The first-order valence-electron chi connectivity index (χ1n) is 17.5. The number of benzene rings is 4. The first-order valence-corrected chi connectivity index (χ1v) is 17.5. The van der Waals surface area contributed by atoms with Crippen molar-refractivity contribution in [2.24, 2.45) is 0 Å². The van der Waals surface area contributed by atoms with E-state index in [4.69, 9.17) is 0 Å². The monoisotopic (exact) mass is 612 g/mol. The third-order valence-corrected chi connectivity index (χ3v) is 9.12. The number of nitriles is 1. The molecule has 0 aromatic heterocycles. The van der Waals surface area contributed by atoms with Crippen molar-refractivity contribution in [2.75, 3.05) is 6.54 Å². The van der Waals surface area contributed by atoms with Gasteiger partial charge in [0, 0.05) is 6.54 Å². The molecule has 1 N–H and O–H groups in total.